The van der Waals surface area contributed by atoms with Gasteiger partial charge in [0.15, 0.2) is 0 Å². The fourth-order valence-corrected chi connectivity index (χ4v) is 2.02. The minimum absolute atomic E-state index is 0.152. The van der Waals surface area contributed by atoms with Crippen LogP contribution >= 0.6 is 0 Å². The third-order valence-corrected chi connectivity index (χ3v) is 3.22. The fourth-order valence-electron chi connectivity index (χ4n) is 2.02. The largest absolute Gasteiger partial charge is 0.480 e. The lowest BCUT2D eigenvalue weighted by Crippen LogP contribution is -2.52. The van der Waals surface area contributed by atoms with Gasteiger partial charge in [0.25, 0.3) is 0 Å². The smallest absolute Gasteiger partial charge is 0.329 e. The number of ether oxygens (including phenoxy) is 1. The molecule has 21 heavy (non-hydrogen) atoms. The summed E-state index contributed by atoms with van der Waals surface area (Å²) < 4.78 is 5.42. The highest BCUT2D eigenvalue weighted by Crippen LogP contribution is 2.12. The molecule has 0 aliphatic carbocycles. The summed E-state index contributed by atoms with van der Waals surface area (Å²) in [4.78, 5) is 23.0. The average Bonchev–Trinajstić information content (AvgIpc) is 2.45. The van der Waals surface area contributed by atoms with E-state index in [0.29, 0.717) is 19.4 Å². The van der Waals surface area contributed by atoms with Crippen LogP contribution in [0.15, 0.2) is 30.3 Å². The molecular formula is C16H23NO4. The summed E-state index contributed by atoms with van der Waals surface area (Å²) in [6.07, 6.45) is 1.24. The number of hydrogen-bond acceptors (Lipinski definition) is 3. The van der Waals surface area contributed by atoms with Crippen LogP contribution in [0.5, 0.6) is 0 Å². The van der Waals surface area contributed by atoms with Gasteiger partial charge in [0.1, 0.15) is 5.54 Å². The maximum atomic E-state index is 11.8. The Hall–Kier alpha value is -1.88. The Labute approximate surface area is 125 Å². The first-order valence-corrected chi connectivity index (χ1v) is 7.14. The number of amides is 1. The van der Waals surface area contributed by atoms with Crippen molar-refractivity contribution in [2.45, 2.75) is 45.3 Å². The topological polar surface area (TPSA) is 75.6 Å². The molecule has 116 valence electrons. The predicted molar refractivity (Wildman–Crippen MR) is 79.8 cm³/mol. The zero-order valence-electron chi connectivity index (χ0n) is 12.6. The molecular weight excluding hydrogens is 270 g/mol. The van der Waals surface area contributed by atoms with Crippen molar-refractivity contribution in [3.8, 4) is 0 Å². The molecule has 0 heterocycles. The van der Waals surface area contributed by atoms with Gasteiger partial charge in [-0.3, -0.25) is 4.79 Å². The van der Waals surface area contributed by atoms with E-state index >= 15 is 0 Å². The zero-order chi connectivity index (χ0) is 15.7. The maximum Gasteiger partial charge on any atom is 0.329 e. The standard InChI is InChI=1S/C16H23NO4/c1-3-10-16(2,15(19)20)17-14(18)9-11-21-12-13-7-5-4-6-8-13/h4-8H,3,9-12H2,1-2H3,(H,17,18)(H,19,20). The predicted octanol–water partition coefficient (Wildman–Crippen LogP) is 2.35. The number of carboxylic acid groups (broad SMARTS) is 1. The molecule has 5 nitrogen and oxygen atoms in total. The summed E-state index contributed by atoms with van der Waals surface area (Å²) in [5, 5.41) is 11.8. The summed E-state index contributed by atoms with van der Waals surface area (Å²) >= 11 is 0. The SMILES string of the molecule is CCCC(C)(NC(=O)CCOCc1ccccc1)C(=O)O. The number of aliphatic carboxylic acids is 1. The van der Waals surface area contributed by atoms with Gasteiger partial charge in [0.2, 0.25) is 5.91 Å². The highest BCUT2D eigenvalue weighted by molar-refractivity contribution is 5.86. The van der Waals surface area contributed by atoms with Crippen LogP contribution in [0.4, 0.5) is 0 Å². The van der Waals surface area contributed by atoms with E-state index in [2.05, 4.69) is 5.32 Å². The number of benzene rings is 1. The minimum atomic E-state index is -1.20. The van der Waals surface area contributed by atoms with Gasteiger partial charge in [-0.05, 0) is 18.9 Å². The van der Waals surface area contributed by atoms with Crippen molar-refractivity contribution in [3.05, 3.63) is 35.9 Å². The maximum absolute atomic E-state index is 11.8. The Balaban J connectivity index is 2.32. The fraction of sp³-hybridized carbons (Fsp3) is 0.500. The normalized spacial score (nSPS) is 13.4. The second-order valence-corrected chi connectivity index (χ2v) is 5.22. The zero-order valence-corrected chi connectivity index (χ0v) is 12.6. The molecule has 0 fully saturated rings. The molecule has 0 aliphatic rings. The third kappa shape index (κ3) is 5.95. The van der Waals surface area contributed by atoms with E-state index in [0.717, 1.165) is 5.56 Å². The lowest BCUT2D eigenvalue weighted by atomic mass is 9.96. The lowest BCUT2D eigenvalue weighted by molar-refractivity contribution is -0.147. The summed E-state index contributed by atoms with van der Waals surface area (Å²) in [6, 6.07) is 9.67. The van der Waals surface area contributed by atoms with Crippen LogP contribution in [0.1, 0.15) is 38.7 Å². The van der Waals surface area contributed by atoms with E-state index in [9.17, 15) is 14.7 Å². The molecule has 0 aliphatic heterocycles. The summed E-state index contributed by atoms with van der Waals surface area (Å²) in [5.74, 6) is -1.32. The van der Waals surface area contributed by atoms with Gasteiger partial charge in [-0.25, -0.2) is 4.79 Å². The molecule has 0 aromatic heterocycles. The average molecular weight is 293 g/mol. The Morgan fingerprint density at radius 3 is 2.52 bits per heavy atom. The Morgan fingerprint density at radius 1 is 1.29 bits per heavy atom. The number of nitrogens with one attached hydrogen (secondary N) is 1. The Bertz CT molecular complexity index is 461. The van der Waals surface area contributed by atoms with E-state index < -0.39 is 11.5 Å². The second kappa shape index (κ2) is 8.42. The van der Waals surface area contributed by atoms with Crippen LogP contribution in [0.2, 0.25) is 0 Å². The van der Waals surface area contributed by atoms with Crippen LogP contribution in [0.25, 0.3) is 0 Å². The number of carbonyl (C=O) groups is 2. The molecule has 0 bridgehead atoms. The van der Waals surface area contributed by atoms with Gasteiger partial charge < -0.3 is 15.2 Å². The molecule has 1 aromatic rings. The van der Waals surface area contributed by atoms with Gasteiger partial charge in [-0.15, -0.1) is 0 Å². The van der Waals surface area contributed by atoms with E-state index in [1.54, 1.807) is 0 Å². The number of hydrogen-bond donors (Lipinski definition) is 2. The summed E-state index contributed by atoms with van der Waals surface area (Å²) in [6.45, 7) is 4.12. The molecule has 1 atom stereocenters. The first kappa shape index (κ1) is 17.2. The van der Waals surface area contributed by atoms with E-state index in [1.807, 2.05) is 37.3 Å². The quantitative estimate of drug-likeness (QED) is 0.685. The highest BCUT2D eigenvalue weighted by Gasteiger charge is 2.33. The molecule has 0 saturated carbocycles. The monoisotopic (exact) mass is 293 g/mol. The highest BCUT2D eigenvalue weighted by atomic mass is 16.5. The van der Waals surface area contributed by atoms with Crippen LogP contribution < -0.4 is 5.32 Å². The van der Waals surface area contributed by atoms with Crippen molar-refractivity contribution >= 4 is 11.9 Å². The van der Waals surface area contributed by atoms with Crippen LogP contribution in [0.3, 0.4) is 0 Å². The van der Waals surface area contributed by atoms with Crippen LogP contribution in [-0.4, -0.2) is 29.1 Å². The van der Waals surface area contributed by atoms with E-state index in [-0.39, 0.29) is 18.9 Å². The van der Waals surface area contributed by atoms with Crippen LogP contribution in [0, 0.1) is 0 Å². The van der Waals surface area contributed by atoms with Crippen molar-refractivity contribution in [2.75, 3.05) is 6.61 Å². The number of carbonyl (C=O) groups excluding carboxylic acids is 1. The van der Waals surface area contributed by atoms with Gasteiger partial charge >= 0.3 is 5.97 Å². The van der Waals surface area contributed by atoms with Gasteiger partial charge in [-0.1, -0.05) is 43.7 Å². The molecule has 0 saturated heterocycles. The molecule has 1 aromatic carbocycles. The van der Waals surface area contributed by atoms with E-state index in [4.69, 9.17) is 4.74 Å². The molecule has 1 amide bonds. The molecule has 2 N–H and O–H groups in total. The lowest BCUT2D eigenvalue weighted by Gasteiger charge is -2.25. The second-order valence-electron chi connectivity index (χ2n) is 5.22. The minimum Gasteiger partial charge on any atom is -0.480 e. The van der Waals surface area contributed by atoms with Crippen molar-refractivity contribution in [3.63, 3.8) is 0 Å². The molecule has 0 spiro atoms. The van der Waals surface area contributed by atoms with Crippen LogP contribution in [-0.2, 0) is 20.9 Å². The molecule has 1 unspecified atom stereocenters. The first-order valence-electron chi connectivity index (χ1n) is 7.14. The molecule has 1 rings (SSSR count). The third-order valence-electron chi connectivity index (χ3n) is 3.22. The van der Waals surface area contributed by atoms with Crippen molar-refractivity contribution in [2.24, 2.45) is 0 Å². The number of rotatable bonds is 9. The van der Waals surface area contributed by atoms with Gasteiger partial charge in [0, 0.05) is 0 Å². The van der Waals surface area contributed by atoms with Gasteiger partial charge in [0.05, 0.1) is 19.6 Å². The Kier molecular flexibility index (Phi) is 6.88. The molecule has 0 radical (unpaired) electrons. The van der Waals surface area contributed by atoms with Crippen molar-refractivity contribution in [1.82, 2.24) is 5.32 Å². The van der Waals surface area contributed by atoms with Crippen molar-refractivity contribution in [1.29, 1.82) is 0 Å². The van der Waals surface area contributed by atoms with E-state index in [1.165, 1.54) is 6.92 Å². The summed E-state index contributed by atoms with van der Waals surface area (Å²) in [7, 11) is 0. The Morgan fingerprint density at radius 2 is 1.95 bits per heavy atom. The summed E-state index contributed by atoms with van der Waals surface area (Å²) in [5.41, 5.74) is -0.162. The van der Waals surface area contributed by atoms with Gasteiger partial charge in [-0.2, -0.15) is 0 Å². The molecule has 5 heteroatoms. The van der Waals surface area contributed by atoms with Crippen molar-refractivity contribution < 1.29 is 19.4 Å². The number of carboxylic acids is 1. The first-order chi connectivity index (χ1) is 9.98.